The largest absolute Gasteiger partial charge is 0.378 e. The topological polar surface area (TPSA) is 65.1 Å². The van der Waals surface area contributed by atoms with Gasteiger partial charge in [0.05, 0.1) is 13.2 Å². The number of hydrogen-bond acceptors (Lipinski definition) is 3. The number of carbonyl (C=O) groups is 2. The van der Waals surface area contributed by atoms with Crippen LogP contribution in [0.15, 0.2) is 24.3 Å². The van der Waals surface area contributed by atoms with E-state index in [1.54, 1.807) is 4.90 Å². The second-order valence-electron chi connectivity index (χ2n) is 6.85. The minimum Gasteiger partial charge on any atom is -0.378 e. The fraction of sp³-hybridized carbons (Fsp3) is 0.579. The molecule has 2 aliphatic heterocycles. The molecule has 26 heavy (non-hydrogen) atoms. The number of benzene rings is 1. The number of nitrogens with zero attached hydrogens (tertiary/aromatic N) is 3. The quantitative estimate of drug-likeness (QED) is 0.872. The van der Waals surface area contributed by atoms with Crippen molar-refractivity contribution in [1.82, 2.24) is 20.0 Å². The Morgan fingerprint density at radius 2 is 1.54 bits per heavy atom. The molecule has 0 bridgehead atoms. The minimum absolute atomic E-state index is 0.0637. The van der Waals surface area contributed by atoms with Crippen LogP contribution in [-0.2, 0) is 11.3 Å². The minimum atomic E-state index is -0.0637. The number of amides is 4. The Bertz CT molecular complexity index is 614. The summed E-state index contributed by atoms with van der Waals surface area (Å²) in [6.45, 7) is 7.58. The average Bonchev–Trinajstić information content (AvgIpc) is 2.94. The zero-order chi connectivity index (χ0) is 18.4. The maximum absolute atomic E-state index is 12.6. The summed E-state index contributed by atoms with van der Waals surface area (Å²) in [5.41, 5.74) is 2.29. The van der Waals surface area contributed by atoms with E-state index in [9.17, 15) is 9.59 Å². The van der Waals surface area contributed by atoms with Gasteiger partial charge in [0.1, 0.15) is 0 Å². The van der Waals surface area contributed by atoms with Crippen LogP contribution < -0.4 is 5.32 Å². The molecule has 0 atom stereocenters. The second kappa shape index (κ2) is 8.89. The summed E-state index contributed by atoms with van der Waals surface area (Å²) in [6, 6.07) is 8.15. The summed E-state index contributed by atoms with van der Waals surface area (Å²) in [4.78, 5) is 30.6. The highest BCUT2D eigenvalue weighted by Crippen LogP contribution is 2.09. The Morgan fingerprint density at radius 1 is 0.923 bits per heavy atom. The Morgan fingerprint density at radius 3 is 2.27 bits per heavy atom. The van der Waals surface area contributed by atoms with E-state index >= 15 is 0 Å². The molecule has 0 unspecified atom stereocenters. The first-order valence-electron chi connectivity index (χ1n) is 9.33. The van der Waals surface area contributed by atoms with E-state index in [4.69, 9.17) is 4.74 Å². The van der Waals surface area contributed by atoms with Crippen LogP contribution in [0.25, 0.3) is 0 Å². The molecule has 7 heteroatoms. The molecule has 7 nitrogen and oxygen atoms in total. The predicted octanol–water partition coefficient (Wildman–Crippen LogP) is 1.66. The number of carbonyl (C=O) groups excluding carboxylic acids is 2. The Balaban J connectivity index is 1.47. The van der Waals surface area contributed by atoms with E-state index in [-0.39, 0.29) is 12.1 Å². The summed E-state index contributed by atoms with van der Waals surface area (Å²) in [6.07, 6.45) is 0.800. The highest BCUT2D eigenvalue weighted by molar-refractivity contribution is 5.76. The van der Waals surface area contributed by atoms with Crippen LogP contribution in [0.2, 0.25) is 0 Å². The van der Waals surface area contributed by atoms with Gasteiger partial charge in [-0.05, 0) is 18.9 Å². The molecule has 0 aliphatic carbocycles. The van der Waals surface area contributed by atoms with E-state index in [1.807, 2.05) is 41.0 Å². The van der Waals surface area contributed by atoms with Crippen LogP contribution in [0.4, 0.5) is 9.59 Å². The molecule has 0 radical (unpaired) electrons. The predicted molar refractivity (Wildman–Crippen MR) is 99.0 cm³/mol. The smallest absolute Gasteiger partial charge is 0.320 e. The van der Waals surface area contributed by atoms with Crippen molar-refractivity contribution in [1.29, 1.82) is 0 Å². The Labute approximate surface area is 154 Å². The van der Waals surface area contributed by atoms with Crippen LogP contribution >= 0.6 is 0 Å². The fourth-order valence-electron chi connectivity index (χ4n) is 3.26. The molecule has 2 fully saturated rings. The Hall–Kier alpha value is -2.28. The number of hydrogen-bond donors (Lipinski definition) is 1. The first-order chi connectivity index (χ1) is 12.6. The number of ether oxygens (including phenoxy) is 1. The molecule has 1 N–H and O–H groups in total. The van der Waals surface area contributed by atoms with Gasteiger partial charge in [-0.2, -0.15) is 0 Å². The lowest BCUT2D eigenvalue weighted by molar-refractivity contribution is 0.0436. The van der Waals surface area contributed by atoms with Crippen molar-refractivity contribution in [2.75, 3.05) is 52.5 Å². The highest BCUT2D eigenvalue weighted by atomic mass is 16.5. The number of nitrogens with one attached hydrogen (secondary N) is 1. The molecule has 0 spiro atoms. The maximum Gasteiger partial charge on any atom is 0.320 e. The molecule has 0 aromatic heterocycles. The molecule has 3 rings (SSSR count). The Kier molecular flexibility index (Phi) is 6.33. The van der Waals surface area contributed by atoms with Gasteiger partial charge in [0.15, 0.2) is 0 Å². The van der Waals surface area contributed by atoms with Crippen LogP contribution in [0.5, 0.6) is 0 Å². The highest BCUT2D eigenvalue weighted by Gasteiger charge is 2.26. The summed E-state index contributed by atoms with van der Waals surface area (Å²) in [5.74, 6) is 0. The molecule has 1 aromatic rings. The van der Waals surface area contributed by atoms with Gasteiger partial charge in [-0.3, -0.25) is 0 Å². The first kappa shape index (κ1) is 18.5. The summed E-state index contributed by atoms with van der Waals surface area (Å²) in [7, 11) is 0. The van der Waals surface area contributed by atoms with Crippen molar-refractivity contribution < 1.29 is 14.3 Å². The van der Waals surface area contributed by atoms with Gasteiger partial charge >= 0.3 is 12.1 Å². The third-order valence-corrected chi connectivity index (χ3v) is 4.90. The number of rotatable bonds is 2. The molecule has 142 valence electrons. The summed E-state index contributed by atoms with van der Waals surface area (Å²) in [5, 5.41) is 2.98. The van der Waals surface area contributed by atoms with E-state index in [1.165, 1.54) is 5.56 Å². The first-order valence-corrected chi connectivity index (χ1v) is 9.33. The normalized spacial score (nSPS) is 18.4. The van der Waals surface area contributed by atoms with E-state index in [2.05, 4.69) is 5.32 Å². The molecular formula is C19H28N4O3. The molecule has 0 saturated carbocycles. The van der Waals surface area contributed by atoms with Crippen molar-refractivity contribution in [3.63, 3.8) is 0 Å². The molecular weight excluding hydrogens is 332 g/mol. The van der Waals surface area contributed by atoms with Crippen molar-refractivity contribution in [2.45, 2.75) is 19.9 Å². The maximum atomic E-state index is 12.6. The SMILES string of the molecule is Cc1ccc(CNC(=O)N2CCCN(C(=O)N3CCOCC3)CC2)cc1. The van der Waals surface area contributed by atoms with Gasteiger partial charge < -0.3 is 24.8 Å². The lowest BCUT2D eigenvalue weighted by atomic mass is 10.1. The lowest BCUT2D eigenvalue weighted by Crippen LogP contribution is -2.49. The van der Waals surface area contributed by atoms with E-state index in [0.29, 0.717) is 59.0 Å². The average molecular weight is 360 g/mol. The van der Waals surface area contributed by atoms with E-state index in [0.717, 1.165) is 12.0 Å². The monoisotopic (exact) mass is 360 g/mol. The van der Waals surface area contributed by atoms with Crippen molar-refractivity contribution >= 4 is 12.1 Å². The van der Waals surface area contributed by atoms with E-state index < -0.39 is 0 Å². The summed E-state index contributed by atoms with van der Waals surface area (Å²) >= 11 is 0. The lowest BCUT2D eigenvalue weighted by Gasteiger charge is -2.32. The van der Waals surface area contributed by atoms with Crippen LogP contribution in [0.3, 0.4) is 0 Å². The number of aryl methyl sites for hydroxylation is 1. The second-order valence-corrected chi connectivity index (χ2v) is 6.85. The zero-order valence-corrected chi connectivity index (χ0v) is 15.4. The van der Waals surface area contributed by atoms with Crippen LogP contribution in [-0.4, -0.2) is 79.2 Å². The van der Waals surface area contributed by atoms with Gasteiger partial charge in [-0.15, -0.1) is 0 Å². The standard InChI is InChI=1S/C19H28N4O3/c1-16-3-5-17(6-4-16)15-20-18(24)21-7-2-8-22(10-9-21)19(25)23-11-13-26-14-12-23/h3-6H,2,7-15H2,1H3,(H,20,24). The summed E-state index contributed by atoms with van der Waals surface area (Å²) < 4.78 is 5.31. The van der Waals surface area contributed by atoms with Gasteiger partial charge in [-0.25, -0.2) is 9.59 Å². The van der Waals surface area contributed by atoms with Crippen molar-refractivity contribution in [3.05, 3.63) is 35.4 Å². The third kappa shape index (κ3) is 4.88. The number of morpholine rings is 1. The zero-order valence-electron chi connectivity index (χ0n) is 15.4. The fourth-order valence-corrected chi connectivity index (χ4v) is 3.26. The van der Waals surface area contributed by atoms with Crippen molar-refractivity contribution in [2.24, 2.45) is 0 Å². The van der Waals surface area contributed by atoms with Crippen molar-refractivity contribution in [3.8, 4) is 0 Å². The third-order valence-electron chi connectivity index (χ3n) is 4.90. The van der Waals surface area contributed by atoms with Crippen LogP contribution in [0, 0.1) is 6.92 Å². The van der Waals surface area contributed by atoms with Gasteiger partial charge in [0, 0.05) is 45.8 Å². The van der Waals surface area contributed by atoms with Gasteiger partial charge in [0.2, 0.25) is 0 Å². The molecule has 4 amide bonds. The molecule has 2 saturated heterocycles. The van der Waals surface area contributed by atoms with Gasteiger partial charge in [0.25, 0.3) is 0 Å². The molecule has 1 aromatic carbocycles. The van der Waals surface area contributed by atoms with Crippen LogP contribution in [0.1, 0.15) is 17.5 Å². The molecule has 2 aliphatic rings. The molecule has 2 heterocycles. The number of urea groups is 2. The van der Waals surface area contributed by atoms with Gasteiger partial charge in [-0.1, -0.05) is 29.8 Å².